The number of aromatic nitrogens is 5. The molecule has 5 saturated heterocycles. The largest absolute Gasteiger partial charge is 0.508 e. The predicted molar refractivity (Wildman–Crippen MR) is 308 cm³/mol. The molecule has 17 nitrogen and oxygen atoms in total. The molecule has 19 heteroatoms. The van der Waals surface area contributed by atoms with Gasteiger partial charge in [0.05, 0.1) is 33.6 Å². The Morgan fingerprint density at radius 2 is 1.69 bits per heavy atom. The van der Waals surface area contributed by atoms with Crippen molar-refractivity contribution in [3.63, 3.8) is 0 Å². The number of thiazole rings is 1. The Kier molecular flexibility index (Phi) is 15.2. The highest BCUT2D eigenvalue weighted by atomic mass is 32.1. The Hall–Kier alpha value is -6.80. The minimum Gasteiger partial charge on any atom is -0.508 e. The molecule has 80 heavy (non-hydrogen) atoms. The van der Waals surface area contributed by atoms with E-state index in [9.17, 15) is 19.8 Å². The van der Waals surface area contributed by atoms with Gasteiger partial charge in [-0.25, -0.2) is 9.37 Å². The average Bonchev–Trinajstić information content (AvgIpc) is 4.33. The van der Waals surface area contributed by atoms with Crippen LogP contribution in [0.5, 0.6) is 11.8 Å². The number of β-amino-alcohol motifs (C(OH)–C–C–N with tert-alkyl or cyclic N) is 1. The van der Waals surface area contributed by atoms with Crippen molar-refractivity contribution < 1.29 is 33.5 Å². The van der Waals surface area contributed by atoms with Crippen LogP contribution in [0.1, 0.15) is 107 Å². The highest BCUT2D eigenvalue weighted by molar-refractivity contribution is 7.13. The summed E-state index contributed by atoms with van der Waals surface area (Å²) in [7, 11) is 0. The van der Waals surface area contributed by atoms with Crippen LogP contribution in [0.15, 0.2) is 76.9 Å². The van der Waals surface area contributed by atoms with E-state index in [1.807, 2.05) is 81.7 Å². The van der Waals surface area contributed by atoms with Crippen LogP contribution in [0.2, 0.25) is 0 Å². The molecule has 2 bridgehead atoms. The Balaban J connectivity index is 0.666. The van der Waals surface area contributed by atoms with Gasteiger partial charge in [-0.15, -0.1) is 11.3 Å². The first kappa shape index (κ1) is 53.8. The number of fused-ring (bicyclic) bond motifs is 4. The van der Waals surface area contributed by atoms with E-state index in [1.54, 1.807) is 29.7 Å². The number of aliphatic hydroxyl groups is 1. The molecule has 4 N–H and O–H groups in total. The maximum atomic E-state index is 17.2. The van der Waals surface area contributed by atoms with Crippen LogP contribution in [-0.4, -0.2) is 140 Å². The van der Waals surface area contributed by atoms with E-state index in [0.717, 1.165) is 129 Å². The summed E-state index contributed by atoms with van der Waals surface area (Å²) in [5.41, 5.74) is 6.69. The predicted octanol–water partition coefficient (Wildman–Crippen LogP) is 8.95. The summed E-state index contributed by atoms with van der Waals surface area (Å²) >= 11 is 1.59. The molecule has 0 aliphatic carbocycles. The number of aromatic hydroxyl groups is 1. The van der Waals surface area contributed by atoms with Crippen LogP contribution in [-0.2, 0) is 16.0 Å². The van der Waals surface area contributed by atoms with Gasteiger partial charge in [0, 0.05) is 88.7 Å². The summed E-state index contributed by atoms with van der Waals surface area (Å²) in [5, 5.41) is 35.2. The average molecular weight is 1110 g/mol. The second kappa shape index (κ2) is 22.6. The van der Waals surface area contributed by atoms with Gasteiger partial charge in [0.25, 0.3) is 0 Å². The zero-order chi connectivity index (χ0) is 55.3. The number of carbonyl (C=O) groups is 2. The summed E-state index contributed by atoms with van der Waals surface area (Å²) in [4.78, 5) is 56.9. The van der Waals surface area contributed by atoms with Crippen molar-refractivity contribution in [1.82, 2.24) is 45.5 Å². The maximum absolute atomic E-state index is 17.2. The summed E-state index contributed by atoms with van der Waals surface area (Å²) in [6.07, 6.45) is 7.32. The quantitative estimate of drug-likeness (QED) is 0.0758. The van der Waals surface area contributed by atoms with Gasteiger partial charge in [0.1, 0.15) is 40.8 Å². The lowest BCUT2D eigenvalue weighted by atomic mass is 9.91. The molecule has 0 radical (unpaired) electrons. The third-order valence-electron chi connectivity index (χ3n) is 17.5. The van der Waals surface area contributed by atoms with Gasteiger partial charge in [0.2, 0.25) is 11.8 Å². The molecule has 2 amide bonds. The number of phenolic OH excluding ortho intramolecular Hbond substituents is 1. The fourth-order valence-electron chi connectivity index (χ4n) is 13.2. The minimum atomic E-state index is -0.822. The van der Waals surface area contributed by atoms with E-state index < -0.39 is 23.9 Å². The van der Waals surface area contributed by atoms with E-state index in [1.165, 1.54) is 4.90 Å². The zero-order valence-corrected chi connectivity index (χ0v) is 47.1. The van der Waals surface area contributed by atoms with Crippen LogP contribution >= 0.6 is 11.3 Å². The normalized spacial score (nSPS) is 22.0. The number of hydrogen-bond acceptors (Lipinski definition) is 16. The number of nitrogens with zero attached hydrogens (tertiary/aromatic N) is 9. The van der Waals surface area contributed by atoms with Gasteiger partial charge in [-0.05, 0) is 110 Å². The van der Waals surface area contributed by atoms with Gasteiger partial charge in [-0.3, -0.25) is 14.6 Å². The summed E-state index contributed by atoms with van der Waals surface area (Å²) in [6.45, 7) is 15.8. The SMILES string of the molecule is CCc1cccc2cc(O)cc(-c3ncc4c(N5CC6CCC(C5)N6)nc(OC5CCN(CC6CCN(c7cc([C@H](C(=O)N8C[C@H](O)C[C@H]8C(=O)N[C@@H](C)c8ccc(-c9scnc9C)cc8)C(C)C)on7)CC6)CC5)nc4c3F)c12. The number of pyridine rings is 1. The van der Waals surface area contributed by atoms with E-state index in [2.05, 4.69) is 42.4 Å². The molecule has 5 fully saturated rings. The Morgan fingerprint density at radius 1 is 0.925 bits per heavy atom. The van der Waals surface area contributed by atoms with Crippen molar-refractivity contribution in [2.45, 2.75) is 128 Å². The number of piperazine rings is 1. The molecular formula is C61H72FN11O6S. The first-order valence-corrected chi connectivity index (χ1v) is 29.6. The lowest BCUT2D eigenvalue weighted by Crippen LogP contribution is -2.51. The highest BCUT2D eigenvalue weighted by Gasteiger charge is 2.44. The maximum Gasteiger partial charge on any atom is 0.319 e. The fourth-order valence-corrected chi connectivity index (χ4v) is 14.0. The third-order valence-corrected chi connectivity index (χ3v) is 18.5. The Bertz CT molecular complexity index is 3380. The number of anilines is 2. The minimum absolute atomic E-state index is 0.0436. The molecule has 6 atom stereocenters. The van der Waals surface area contributed by atoms with Crippen LogP contribution in [0.4, 0.5) is 16.0 Å². The number of aryl methyl sites for hydroxylation is 2. The van der Waals surface area contributed by atoms with Crippen molar-refractivity contribution in [2.24, 2.45) is 11.8 Å². The van der Waals surface area contributed by atoms with Gasteiger partial charge in [-0.1, -0.05) is 68.4 Å². The van der Waals surface area contributed by atoms with Crippen molar-refractivity contribution >= 4 is 56.5 Å². The number of rotatable bonds is 15. The number of aliphatic hydroxyl groups excluding tert-OH is 1. The number of amides is 2. The molecule has 3 aromatic carbocycles. The fraction of sp³-hybridized carbons (Fsp3) is 0.492. The zero-order valence-electron chi connectivity index (χ0n) is 46.3. The van der Waals surface area contributed by atoms with E-state index in [0.29, 0.717) is 46.3 Å². The molecule has 5 aliphatic rings. The molecule has 5 aliphatic heterocycles. The molecule has 0 saturated carbocycles. The van der Waals surface area contributed by atoms with E-state index >= 15 is 4.39 Å². The van der Waals surface area contributed by atoms with Crippen LogP contribution in [0.3, 0.4) is 0 Å². The van der Waals surface area contributed by atoms with Crippen molar-refractivity contribution in [2.75, 3.05) is 62.2 Å². The summed E-state index contributed by atoms with van der Waals surface area (Å²) in [6, 6.07) is 18.9. The monoisotopic (exact) mass is 1110 g/mol. The molecule has 0 spiro atoms. The number of phenols is 1. The number of halogens is 1. The number of ether oxygens (including phenoxy) is 1. The lowest BCUT2D eigenvalue weighted by Gasteiger charge is -2.37. The number of piperidine rings is 2. The molecule has 4 aromatic heterocycles. The molecule has 12 rings (SSSR count). The van der Waals surface area contributed by atoms with Gasteiger partial charge >= 0.3 is 6.01 Å². The molecular weight excluding hydrogens is 1030 g/mol. The first-order chi connectivity index (χ1) is 38.7. The van der Waals surface area contributed by atoms with Crippen LogP contribution in [0.25, 0.3) is 43.4 Å². The van der Waals surface area contributed by atoms with Crippen molar-refractivity contribution in [3.8, 4) is 33.5 Å². The summed E-state index contributed by atoms with van der Waals surface area (Å²) in [5.74, 6) is 0.367. The van der Waals surface area contributed by atoms with Crippen LogP contribution < -0.4 is 25.2 Å². The van der Waals surface area contributed by atoms with Gasteiger partial charge in [0.15, 0.2) is 17.4 Å². The lowest BCUT2D eigenvalue weighted by molar-refractivity contribution is -0.141. The first-order valence-electron chi connectivity index (χ1n) is 28.8. The number of carbonyl (C=O) groups excluding carboxylic acids is 2. The third kappa shape index (κ3) is 10.8. The number of likely N-dealkylation sites (tertiary alicyclic amines) is 2. The number of hydrogen-bond donors (Lipinski definition) is 4. The molecule has 9 heterocycles. The van der Waals surface area contributed by atoms with Crippen molar-refractivity contribution in [3.05, 3.63) is 101 Å². The summed E-state index contributed by atoms with van der Waals surface area (Å²) < 4.78 is 29.8. The van der Waals surface area contributed by atoms with Gasteiger partial charge in [-0.2, -0.15) is 9.97 Å². The standard InChI is InChI=1S/C61H72FN11O6S/c1-6-38-8-7-9-41-24-44(74)25-47(53(38)41)55-54(62)56-48(28-63-55)58(72-30-42-14-15-43(31-72)66-42)68-61(67-56)78-46-18-20-70(21-19-46)29-37-16-22-71(23-17-37)51-27-50(79-69-51)52(34(2)3)60(77)73-32-45(75)26-49(73)59(76)65-35(4)39-10-12-40(13-11-39)57-36(5)64-33-80-57/h7-13,24-25,27-28,33-35,37,42-43,45-46,49,52,66,74-75H,6,14-23,26,29-32H2,1-5H3,(H,65,76)/t35-,42?,43?,45+,49-,52+/m0/s1. The van der Waals surface area contributed by atoms with Crippen LogP contribution in [0, 0.1) is 24.6 Å². The number of nitrogens with one attached hydrogen (secondary N) is 2. The second-order valence-electron chi connectivity index (χ2n) is 23.3. The highest BCUT2D eigenvalue weighted by Crippen LogP contribution is 2.40. The van der Waals surface area contributed by atoms with Gasteiger partial charge < -0.3 is 49.7 Å². The Morgan fingerprint density at radius 3 is 2.40 bits per heavy atom. The second-order valence-corrected chi connectivity index (χ2v) is 24.1. The number of benzene rings is 3. The van der Waals surface area contributed by atoms with E-state index in [-0.39, 0.29) is 65.8 Å². The molecule has 7 aromatic rings. The molecule has 420 valence electrons. The Labute approximate surface area is 469 Å². The molecule has 2 unspecified atom stereocenters. The van der Waals surface area contributed by atoms with Crippen molar-refractivity contribution in [1.29, 1.82) is 0 Å². The smallest absolute Gasteiger partial charge is 0.319 e. The van der Waals surface area contributed by atoms with E-state index in [4.69, 9.17) is 24.2 Å². The topological polar surface area (TPSA) is 198 Å².